The van der Waals surface area contributed by atoms with Crippen LogP contribution in [0.15, 0.2) is 82.2 Å². The summed E-state index contributed by atoms with van der Waals surface area (Å²) >= 11 is 1.65. The first-order valence-corrected chi connectivity index (χ1v) is 7.91. The zero-order valence-corrected chi connectivity index (χ0v) is 12.5. The highest BCUT2D eigenvalue weighted by atomic mass is 32.1. The number of hydrazone groups is 1. The largest absolute Gasteiger partial charge is 0.260 e. The molecule has 1 aliphatic rings. The molecule has 1 aromatic heterocycles. The highest BCUT2D eigenvalue weighted by Crippen LogP contribution is 2.26. The molecule has 106 valence electrons. The second-order valence-electron chi connectivity index (χ2n) is 4.89. The lowest BCUT2D eigenvalue weighted by atomic mass is 10.0. The SMILES string of the molecule is c1ccc(C2=NNC(c3cccs3)=Nc3ccccc32)cc1. The Morgan fingerprint density at radius 3 is 2.45 bits per heavy atom. The molecule has 0 saturated carbocycles. The van der Waals surface area contributed by atoms with Crippen LogP contribution in [0.25, 0.3) is 0 Å². The van der Waals surface area contributed by atoms with Gasteiger partial charge in [-0.1, -0.05) is 54.6 Å². The summed E-state index contributed by atoms with van der Waals surface area (Å²) in [4.78, 5) is 5.84. The number of hydrogen-bond acceptors (Lipinski definition) is 4. The van der Waals surface area contributed by atoms with E-state index in [0.717, 1.165) is 33.2 Å². The van der Waals surface area contributed by atoms with Gasteiger partial charge in [0.1, 0.15) is 0 Å². The molecule has 3 nitrogen and oxygen atoms in total. The van der Waals surface area contributed by atoms with E-state index < -0.39 is 0 Å². The van der Waals surface area contributed by atoms with Gasteiger partial charge in [0.15, 0.2) is 5.84 Å². The third-order valence-electron chi connectivity index (χ3n) is 3.47. The summed E-state index contributed by atoms with van der Waals surface area (Å²) in [5.41, 5.74) is 7.07. The minimum Gasteiger partial charge on any atom is -0.260 e. The molecule has 2 heterocycles. The fourth-order valence-corrected chi connectivity index (χ4v) is 3.09. The van der Waals surface area contributed by atoms with Gasteiger partial charge in [-0.3, -0.25) is 5.43 Å². The van der Waals surface area contributed by atoms with E-state index in [4.69, 9.17) is 4.99 Å². The Morgan fingerprint density at radius 2 is 1.64 bits per heavy atom. The number of amidine groups is 1. The maximum atomic E-state index is 4.76. The lowest BCUT2D eigenvalue weighted by Crippen LogP contribution is -2.18. The lowest BCUT2D eigenvalue weighted by molar-refractivity contribution is 1.03. The van der Waals surface area contributed by atoms with Crippen molar-refractivity contribution >= 4 is 28.6 Å². The maximum Gasteiger partial charge on any atom is 0.164 e. The molecule has 0 spiro atoms. The Kier molecular flexibility index (Phi) is 3.29. The van der Waals surface area contributed by atoms with Crippen LogP contribution in [-0.4, -0.2) is 11.5 Å². The number of nitrogens with zero attached hydrogens (tertiary/aromatic N) is 2. The number of nitrogens with one attached hydrogen (secondary N) is 1. The first kappa shape index (κ1) is 13.0. The van der Waals surface area contributed by atoms with Crippen LogP contribution < -0.4 is 5.43 Å². The Labute approximate surface area is 132 Å². The van der Waals surface area contributed by atoms with Crippen LogP contribution >= 0.6 is 11.3 Å². The third-order valence-corrected chi connectivity index (χ3v) is 4.34. The summed E-state index contributed by atoms with van der Waals surface area (Å²) in [6, 6.07) is 22.3. The van der Waals surface area contributed by atoms with Gasteiger partial charge in [0.2, 0.25) is 0 Å². The quantitative estimate of drug-likeness (QED) is 0.757. The summed E-state index contributed by atoms with van der Waals surface area (Å²) in [5.74, 6) is 0.786. The summed E-state index contributed by atoms with van der Waals surface area (Å²) in [5, 5.41) is 6.65. The van der Waals surface area contributed by atoms with E-state index in [1.165, 1.54) is 0 Å². The zero-order chi connectivity index (χ0) is 14.8. The smallest absolute Gasteiger partial charge is 0.164 e. The lowest BCUT2D eigenvalue weighted by Gasteiger charge is -2.06. The van der Waals surface area contributed by atoms with E-state index >= 15 is 0 Å². The first-order chi connectivity index (χ1) is 10.9. The first-order valence-electron chi connectivity index (χ1n) is 7.03. The number of rotatable bonds is 2. The van der Waals surface area contributed by atoms with Crippen LogP contribution in [0.4, 0.5) is 5.69 Å². The monoisotopic (exact) mass is 303 g/mol. The van der Waals surface area contributed by atoms with Crippen molar-refractivity contribution in [3.05, 3.63) is 88.1 Å². The molecule has 4 heteroatoms. The van der Waals surface area contributed by atoms with Crippen molar-refractivity contribution in [3.8, 4) is 0 Å². The van der Waals surface area contributed by atoms with Gasteiger partial charge < -0.3 is 0 Å². The molecule has 1 N–H and O–H groups in total. The Balaban J connectivity index is 1.88. The predicted octanol–water partition coefficient (Wildman–Crippen LogP) is 4.18. The summed E-state index contributed by atoms with van der Waals surface area (Å²) in [6.07, 6.45) is 0. The van der Waals surface area contributed by atoms with Gasteiger partial charge in [0.05, 0.1) is 16.3 Å². The van der Waals surface area contributed by atoms with Crippen LogP contribution in [0, 0.1) is 0 Å². The molecule has 0 radical (unpaired) electrons. The number of para-hydroxylation sites is 1. The van der Waals surface area contributed by atoms with E-state index in [1.54, 1.807) is 11.3 Å². The number of hydrogen-bond donors (Lipinski definition) is 1. The molecule has 0 bridgehead atoms. The topological polar surface area (TPSA) is 36.8 Å². The molecule has 0 fully saturated rings. The molecule has 4 rings (SSSR count). The van der Waals surface area contributed by atoms with Crippen molar-refractivity contribution < 1.29 is 0 Å². The maximum absolute atomic E-state index is 4.76. The Bertz CT molecular complexity index is 849. The van der Waals surface area contributed by atoms with Gasteiger partial charge in [-0.05, 0) is 17.5 Å². The Morgan fingerprint density at radius 1 is 0.818 bits per heavy atom. The van der Waals surface area contributed by atoms with Crippen LogP contribution in [0.3, 0.4) is 0 Å². The molecule has 0 saturated heterocycles. The second kappa shape index (κ2) is 5.58. The summed E-state index contributed by atoms with van der Waals surface area (Å²) in [6.45, 7) is 0. The average molecular weight is 303 g/mol. The van der Waals surface area contributed by atoms with Crippen molar-refractivity contribution in [2.75, 3.05) is 0 Å². The molecule has 3 aromatic rings. The van der Waals surface area contributed by atoms with E-state index in [-0.39, 0.29) is 0 Å². The molecule has 0 atom stereocenters. The normalized spacial score (nSPS) is 13.5. The molecule has 2 aromatic carbocycles. The van der Waals surface area contributed by atoms with Crippen LogP contribution in [0.1, 0.15) is 16.0 Å². The molecule has 0 amide bonds. The van der Waals surface area contributed by atoms with Gasteiger partial charge in [-0.2, -0.15) is 5.10 Å². The van der Waals surface area contributed by atoms with Gasteiger partial charge in [-0.25, -0.2) is 4.99 Å². The van der Waals surface area contributed by atoms with E-state index in [2.05, 4.69) is 28.7 Å². The molecule has 0 aliphatic carbocycles. The average Bonchev–Trinajstić information content (AvgIpc) is 3.04. The minimum atomic E-state index is 0.786. The van der Waals surface area contributed by atoms with Crippen molar-refractivity contribution in [3.63, 3.8) is 0 Å². The number of thiophene rings is 1. The van der Waals surface area contributed by atoms with Gasteiger partial charge >= 0.3 is 0 Å². The van der Waals surface area contributed by atoms with Crippen LogP contribution in [0.2, 0.25) is 0 Å². The van der Waals surface area contributed by atoms with Crippen LogP contribution in [0.5, 0.6) is 0 Å². The third kappa shape index (κ3) is 2.34. The fraction of sp³-hybridized carbons (Fsp3) is 0. The highest BCUT2D eigenvalue weighted by molar-refractivity contribution is 7.12. The molecule has 0 unspecified atom stereocenters. The van der Waals surface area contributed by atoms with Gasteiger partial charge in [0.25, 0.3) is 0 Å². The fourth-order valence-electron chi connectivity index (χ4n) is 2.43. The standard InChI is InChI=1S/C18H13N3S/c1-2-7-13(8-3-1)17-14-9-4-5-10-15(14)19-18(21-20-17)16-11-6-12-22-16/h1-12H,(H,19,21). The minimum absolute atomic E-state index is 0.786. The van der Waals surface area contributed by atoms with E-state index in [9.17, 15) is 0 Å². The Hall–Kier alpha value is -2.72. The zero-order valence-electron chi connectivity index (χ0n) is 11.7. The number of fused-ring (bicyclic) bond motifs is 1. The summed E-state index contributed by atoms with van der Waals surface area (Å²) in [7, 11) is 0. The van der Waals surface area contributed by atoms with Crippen molar-refractivity contribution in [2.45, 2.75) is 0 Å². The van der Waals surface area contributed by atoms with Crippen molar-refractivity contribution in [1.29, 1.82) is 0 Å². The van der Waals surface area contributed by atoms with E-state index in [0.29, 0.717) is 0 Å². The predicted molar refractivity (Wildman–Crippen MR) is 92.2 cm³/mol. The second-order valence-corrected chi connectivity index (χ2v) is 5.84. The molecule has 1 aliphatic heterocycles. The van der Waals surface area contributed by atoms with Crippen molar-refractivity contribution in [1.82, 2.24) is 5.43 Å². The van der Waals surface area contributed by atoms with Crippen molar-refractivity contribution in [2.24, 2.45) is 10.1 Å². The van der Waals surface area contributed by atoms with Gasteiger partial charge in [-0.15, -0.1) is 11.3 Å². The molecular weight excluding hydrogens is 290 g/mol. The summed E-state index contributed by atoms with van der Waals surface area (Å²) < 4.78 is 0. The number of aliphatic imine (C=N–C) groups is 1. The van der Waals surface area contributed by atoms with E-state index in [1.807, 2.05) is 53.9 Å². The highest BCUT2D eigenvalue weighted by Gasteiger charge is 2.16. The molecule has 22 heavy (non-hydrogen) atoms. The molecular formula is C18H13N3S. The number of benzene rings is 2. The van der Waals surface area contributed by atoms with Gasteiger partial charge in [0, 0.05) is 11.1 Å². The van der Waals surface area contributed by atoms with Crippen LogP contribution in [-0.2, 0) is 0 Å².